The molecule has 166 valence electrons. The first-order valence-electron chi connectivity index (χ1n) is 9.53. The summed E-state index contributed by atoms with van der Waals surface area (Å²) in [5, 5.41) is 13.5. The van der Waals surface area contributed by atoms with Gasteiger partial charge in [-0.05, 0) is 30.7 Å². The number of aliphatic hydroxyl groups is 1. The van der Waals surface area contributed by atoms with E-state index >= 15 is 0 Å². The molecule has 0 fully saturated rings. The van der Waals surface area contributed by atoms with E-state index in [0.29, 0.717) is 28.4 Å². The number of imidazole rings is 1. The van der Waals surface area contributed by atoms with Crippen molar-refractivity contribution in [1.82, 2.24) is 24.8 Å². The molecule has 1 aromatic carbocycles. The van der Waals surface area contributed by atoms with Gasteiger partial charge in [0, 0.05) is 23.8 Å². The van der Waals surface area contributed by atoms with E-state index in [1.54, 1.807) is 23.0 Å². The van der Waals surface area contributed by atoms with E-state index in [0.717, 1.165) is 11.0 Å². The second kappa shape index (κ2) is 8.32. The van der Waals surface area contributed by atoms with E-state index in [9.17, 15) is 23.1 Å². The SMILES string of the molecule is Cc1csc(C(O)(CC(=O)NCc2ccc(-n3cnc4ccccc43)nc2)C(F)(F)F)n1. The fourth-order valence-corrected chi connectivity index (χ4v) is 4.06. The quantitative estimate of drug-likeness (QED) is 0.457. The molecule has 0 aliphatic carbocycles. The molecule has 1 unspecified atom stereocenters. The third-order valence-corrected chi connectivity index (χ3v) is 5.97. The first kappa shape index (κ1) is 21.9. The third kappa shape index (κ3) is 4.21. The van der Waals surface area contributed by atoms with Crippen LogP contribution in [0.3, 0.4) is 0 Å². The highest BCUT2D eigenvalue weighted by Crippen LogP contribution is 2.42. The topological polar surface area (TPSA) is 92.9 Å². The molecule has 1 atom stereocenters. The summed E-state index contributed by atoms with van der Waals surface area (Å²) in [4.78, 5) is 24.6. The van der Waals surface area contributed by atoms with E-state index in [-0.39, 0.29) is 6.54 Å². The molecular formula is C21H18F3N5O2S. The largest absolute Gasteiger partial charge is 0.424 e. The van der Waals surface area contributed by atoms with Crippen molar-refractivity contribution in [2.24, 2.45) is 0 Å². The van der Waals surface area contributed by atoms with Crippen LogP contribution in [0, 0.1) is 6.92 Å². The number of alkyl halides is 3. The Labute approximate surface area is 184 Å². The number of hydrogen-bond acceptors (Lipinski definition) is 6. The Morgan fingerprint density at radius 1 is 1.19 bits per heavy atom. The van der Waals surface area contributed by atoms with Gasteiger partial charge in [0.2, 0.25) is 11.5 Å². The van der Waals surface area contributed by atoms with Gasteiger partial charge in [0.1, 0.15) is 17.2 Å². The number of para-hydroxylation sites is 2. The normalized spacial score (nSPS) is 13.8. The fourth-order valence-electron chi connectivity index (χ4n) is 3.14. The number of rotatable bonds is 6. The first-order chi connectivity index (χ1) is 15.2. The Bertz CT molecular complexity index is 1250. The number of benzene rings is 1. The summed E-state index contributed by atoms with van der Waals surface area (Å²) >= 11 is 0.662. The number of hydrogen-bond donors (Lipinski definition) is 2. The number of halogens is 3. The number of nitrogens with one attached hydrogen (secondary N) is 1. The van der Waals surface area contributed by atoms with Crippen molar-refractivity contribution in [3.05, 3.63) is 70.6 Å². The lowest BCUT2D eigenvalue weighted by Crippen LogP contribution is -2.46. The van der Waals surface area contributed by atoms with Crippen molar-refractivity contribution in [3.8, 4) is 5.82 Å². The minimum atomic E-state index is -5.05. The van der Waals surface area contributed by atoms with Gasteiger partial charge in [-0.3, -0.25) is 9.36 Å². The summed E-state index contributed by atoms with van der Waals surface area (Å²) in [6.07, 6.45) is -3.07. The van der Waals surface area contributed by atoms with Crippen LogP contribution in [-0.4, -0.2) is 36.7 Å². The lowest BCUT2D eigenvalue weighted by atomic mass is 9.99. The van der Waals surface area contributed by atoms with Gasteiger partial charge in [-0.15, -0.1) is 11.3 Å². The van der Waals surface area contributed by atoms with Crippen molar-refractivity contribution < 1.29 is 23.1 Å². The van der Waals surface area contributed by atoms with Crippen molar-refractivity contribution in [3.63, 3.8) is 0 Å². The second-order valence-electron chi connectivity index (χ2n) is 7.23. The fraction of sp³-hybridized carbons (Fsp3) is 0.238. The summed E-state index contributed by atoms with van der Waals surface area (Å²) in [6, 6.07) is 11.0. The van der Waals surface area contributed by atoms with E-state index < -0.39 is 29.1 Å². The lowest BCUT2D eigenvalue weighted by Gasteiger charge is -2.27. The minimum Gasteiger partial charge on any atom is -0.374 e. The van der Waals surface area contributed by atoms with Crippen LogP contribution in [0.15, 0.2) is 54.3 Å². The van der Waals surface area contributed by atoms with Gasteiger partial charge >= 0.3 is 6.18 Å². The summed E-state index contributed by atoms with van der Waals surface area (Å²) < 4.78 is 42.4. The van der Waals surface area contributed by atoms with Gasteiger partial charge in [0.05, 0.1) is 17.5 Å². The number of amides is 1. The molecule has 3 heterocycles. The molecule has 4 rings (SSSR count). The van der Waals surface area contributed by atoms with Crippen LogP contribution in [0.2, 0.25) is 0 Å². The predicted molar refractivity (Wildman–Crippen MR) is 112 cm³/mol. The highest BCUT2D eigenvalue weighted by Gasteiger charge is 2.58. The molecule has 0 aliphatic rings. The highest BCUT2D eigenvalue weighted by molar-refractivity contribution is 7.09. The Hall–Kier alpha value is -3.31. The highest BCUT2D eigenvalue weighted by atomic mass is 32.1. The third-order valence-electron chi connectivity index (χ3n) is 4.86. The second-order valence-corrected chi connectivity index (χ2v) is 8.09. The number of aryl methyl sites for hydroxylation is 1. The molecule has 11 heteroatoms. The Morgan fingerprint density at radius 3 is 2.62 bits per heavy atom. The van der Waals surface area contributed by atoms with Gasteiger partial charge in [-0.25, -0.2) is 15.0 Å². The maximum Gasteiger partial charge on any atom is 0.424 e. The van der Waals surface area contributed by atoms with Crippen molar-refractivity contribution >= 4 is 28.3 Å². The van der Waals surface area contributed by atoms with Gasteiger partial charge < -0.3 is 10.4 Å². The molecule has 7 nitrogen and oxygen atoms in total. The summed E-state index contributed by atoms with van der Waals surface area (Å²) in [6.45, 7) is 1.47. The number of pyridine rings is 1. The van der Waals surface area contributed by atoms with Gasteiger partial charge in [-0.2, -0.15) is 13.2 Å². The summed E-state index contributed by atoms with van der Waals surface area (Å²) in [7, 11) is 0. The van der Waals surface area contributed by atoms with E-state index in [2.05, 4.69) is 20.3 Å². The number of fused-ring (bicyclic) bond motifs is 1. The average molecular weight is 461 g/mol. The predicted octanol–water partition coefficient (Wildman–Crippen LogP) is 3.64. The number of nitrogens with zero attached hydrogens (tertiary/aromatic N) is 4. The van der Waals surface area contributed by atoms with E-state index in [1.165, 1.54) is 18.5 Å². The van der Waals surface area contributed by atoms with Gasteiger partial charge in [0.15, 0.2) is 0 Å². The first-order valence-corrected chi connectivity index (χ1v) is 10.4. The van der Waals surface area contributed by atoms with E-state index in [1.807, 2.05) is 24.3 Å². The number of carbonyl (C=O) groups is 1. The van der Waals surface area contributed by atoms with Crippen molar-refractivity contribution in [2.75, 3.05) is 0 Å². The smallest absolute Gasteiger partial charge is 0.374 e. The maximum absolute atomic E-state index is 13.5. The monoisotopic (exact) mass is 461 g/mol. The van der Waals surface area contributed by atoms with E-state index in [4.69, 9.17) is 0 Å². The van der Waals surface area contributed by atoms with Crippen LogP contribution in [-0.2, 0) is 16.9 Å². The molecule has 2 N–H and O–H groups in total. The standard InChI is InChI=1S/C21H18F3N5O2S/c1-13-11-32-19(28-13)20(31,21(22,23)24)8-18(30)26-10-14-6-7-17(25-9-14)29-12-27-15-4-2-3-5-16(15)29/h2-7,9,11-12,31H,8,10H2,1H3,(H,26,30). The van der Waals surface area contributed by atoms with Crippen LogP contribution in [0.1, 0.15) is 22.7 Å². The number of aromatic nitrogens is 4. The van der Waals surface area contributed by atoms with Crippen LogP contribution in [0.25, 0.3) is 16.9 Å². The van der Waals surface area contributed by atoms with Crippen LogP contribution >= 0.6 is 11.3 Å². The molecule has 1 amide bonds. The Kier molecular flexibility index (Phi) is 5.70. The zero-order valence-corrected chi connectivity index (χ0v) is 17.6. The van der Waals surface area contributed by atoms with Crippen LogP contribution in [0.4, 0.5) is 13.2 Å². The number of thiazole rings is 1. The molecule has 32 heavy (non-hydrogen) atoms. The molecule has 0 saturated heterocycles. The molecular weight excluding hydrogens is 443 g/mol. The molecule has 0 bridgehead atoms. The zero-order valence-electron chi connectivity index (χ0n) is 16.8. The molecule has 0 spiro atoms. The summed E-state index contributed by atoms with van der Waals surface area (Å²) in [5.41, 5.74) is -0.721. The van der Waals surface area contributed by atoms with Crippen molar-refractivity contribution in [1.29, 1.82) is 0 Å². The van der Waals surface area contributed by atoms with Gasteiger partial charge in [-0.1, -0.05) is 18.2 Å². The molecule has 0 aliphatic heterocycles. The van der Waals surface area contributed by atoms with Crippen LogP contribution in [0.5, 0.6) is 0 Å². The molecule has 4 aromatic rings. The van der Waals surface area contributed by atoms with Crippen LogP contribution < -0.4 is 5.32 Å². The molecule has 0 saturated carbocycles. The van der Waals surface area contributed by atoms with Gasteiger partial charge in [0.25, 0.3) is 0 Å². The Morgan fingerprint density at radius 2 is 1.97 bits per heavy atom. The zero-order chi connectivity index (χ0) is 22.9. The lowest BCUT2D eigenvalue weighted by molar-refractivity contribution is -0.267. The maximum atomic E-state index is 13.5. The number of carbonyl (C=O) groups excluding carboxylic acids is 1. The minimum absolute atomic E-state index is 0.0401. The summed E-state index contributed by atoms with van der Waals surface area (Å²) in [5.74, 6) is -0.346. The molecule has 3 aromatic heterocycles. The van der Waals surface area contributed by atoms with Crippen molar-refractivity contribution in [2.45, 2.75) is 31.7 Å². The molecule has 0 radical (unpaired) electrons. The Balaban J connectivity index is 1.43. The average Bonchev–Trinajstić information content (AvgIpc) is 3.38.